The van der Waals surface area contributed by atoms with Crippen molar-refractivity contribution in [1.82, 2.24) is 0 Å². The molecule has 1 aromatic heterocycles. The van der Waals surface area contributed by atoms with E-state index in [0.717, 1.165) is 94.2 Å². The van der Waals surface area contributed by atoms with Gasteiger partial charge in [-0.15, -0.1) is 0 Å². The summed E-state index contributed by atoms with van der Waals surface area (Å²) in [7, 11) is -1.87. The minimum absolute atomic E-state index is 0.296. The second kappa shape index (κ2) is 13.4. The molecule has 3 atom stereocenters. The van der Waals surface area contributed by atoms with Gasteiger partial charge in [0.05, 0.1) is 22.0 Å². The summed E-state index contributed by atoms with van der Waals surface area (Å²) in [4.78, 5) is 0.764. The molecule has 60 heavy (non-hydrogen) atoms. The predicted molar refractivity (Wildman–Crippen MR) is 248 cm³/mol. The number of rotatable bonds is 7. The number of sulfone groups is 1. The number of hydrogen-bond acceptors (Lipinski definition) is 5. The van der Waals surface area contributed by atoms with E-state index in [9.17, 15) is 0 Å². The van der Waals surface area contributed by atoms with Crippen LogP contribution in [0.5, 0.6) is 0 Å². The fraction of sp³-hybridized carbons (Fsp3) is 0.208. The molecule has 1 aliphatic carbocycles. The van der Waals surface area contributed by atoms with Gasteiger partial charge in [-0.1, -0.05) is 140 Å². The maximum Gasteiger partial charge on any atom is 0.202 e. The highest BCUT2D eigenvalue weighted by molar-refractivity contribution is 7.95. The van der Waals surface area contributed by atoms with Gasteiger partial charge < -0.3 is 13.9 Å². The molecule has 1 saturated heterocycles. The van der Waals surface area contributed by atoms with Gasteiger partial charge in [0.15, 0.2) is 5.79 Å². The van der Waals surface area contributed by atoms with Crippen molar-refractivity contribution in [1.29, 1.82) is 0 Å². The van der Waals surface area contributed by atoms with Gasteiger partial charge in [-0.05, 0) is 106 Å². The summed E-state index contributed by atoms with van der Waals surface area (Å²) in [6.45, 7) is 7.98. The number of para-hydroxylation sites is 2. The molecule has 7 heteroatoms. The average Bonchev–Trinajstić information content (AvgIpc) is 3.79. The molecule has 11 rings (SSSR count). The smallest absolute Gasteiger partial charge is 0.202 e. The maximum atomic E-state index is 15.3. The highest BCUT2D eigenvalue weighted by Crippen LogP contribution is 2.60. The quantitative estimate of drug-likeness (QED) is 0.119. The predicted octanol–water partition coefficient (Wildman–Crippen LogP) is 12.8. The Morgan fingerprint density at radius 2 is 1.27 bits per heavy atom. The number of fused-ring (bicyclic) bond motifs is 4. The zero-order valence-electron chi connectivity index (χ0n) is 34.5. The van der Waals surface area contributed by atoms with Gasteiger partial charge in [0.2, 0.25) is 9.84 Å². The van der Waals surface area contributed by atoms with Crippen LogP contribution in [0.15, 0.2) is 154 Å². The Hall–Kier alpha value is -5.73. The van der Waals surface area contributed by atoms with Crippen molar-refractivity contribution < 1.29 is 22.3 Å². The fourth-order valence-corrected chi connectivity index (χ4v) is 12.8. The van der Waals surface area contributed by atoms with E-state index < -0.39 is 27.0 Å². The van der Waals surface area contributed by atoms with Crippen LogP contribution in [-0.4, -0.2) is 34.3 Å². The zero-order chi connectivity index (χ0) is 41.1. The van der Waals surface area contributed by atoms with Crippen molar-refractivity contribution in [2.75, 3.05) is 0 Å². The molecular weight excluding hydrogens is 759 g/mol. The first-order valence-electron chi connectivity index (χ1n) is 21.1. The Bertz CT molecular complexity index is 3330. The van der Waals surface area contributed by atoms with Crippen LogP contribution in [0.4, 0.5) is 0 Å². The summed E-state index contributed by atoms with van der Waals surface area (Å²) < 4.78 is 50.2. The van der Waals surface area contributed by atoms with Crippen LogP contribution >= 0.6 is 0 Å². The monoisotopic (exact) mass is 804 g/mol. The Morgan fingerprint density at radius 1 is 0.650 bits per heavy atom. The number of aryl methyl sites for hydroxylation is 1. The lowest BCUT2D eigenvalue weighted by molar-refractivity contribution is -0.147. The van der Waals surface area contributed by atoms with Crippen molar-refractivity contribution >= 4 is 77.5 Å². The molecule has 0 N–H and O–H groups in total. The van der Waals surface area contributed by atoms with E-state index in [1.807, 2.05) is 45.0 Å². The lowest BCUT2D eigenvalue weighted by Gasteiger charge is -2.44. The number of furan rings is 1. The van der Waals surface area contributed by atoms with Crippen LogP contribution in [0.25, 0.3) is 82.1 Å². The van der Waals surface area contributed by atoms with Crippen molar-refractivity contribution in [2.24, 2.45) is 0 Å². The molecule has 2 heterocycles. The van der Waals surface area contributed by atoms with Crippen molar-refractivity contribution in [3.05, 3.63) is 156 Å². The molecule has 5 nitrogen and oxygen atoms in total. The van der Waals surface area contributed by atoms with Crippen molar-refractivity contribution in [2.45, 2.75) is 75.2 Å². The topological polar surface area (TPSA) is 65.7 Å². The zero-order valence-corrected chi connectivity index (χ0v) is 35.3. The number of benzene rings is 8. The van der Waals surface area contributed by atoms with Gasteiger partial charge >= 0.3 is 0 Å². The van der Waals surface area contributed by atoms with Gasteiger partial charge in [-0.2, -0.15) is 0 Å². The van der Waals surface area contributed by atoms with Gasteiger partial charge in [-0.3, -0.25) is 0 Å². The third kappa shape index (κ3) is 5.56. The van der Waals surface area contributed by atoms with Crippen LogP contribution in [0, 0.1) is 6.92 Å². The Balaban J connectivity index is 1.09. The highest BCUT2D eigenvalue weighted by atomic mass is 32.2. The molecule has 1 fully saturated rings. The Labute approximate surface area is 351 Å². The minimum Gasteiger partial charge on any atom is -0.455 e. The summed E-state index contributed by atoms with van der Waals surface area (Å²) in [6.07, 6.45) is 1.15. The SMILES string of the molecule is BC1(CCC)C(S(=O)(=O)c2ccc(C)cc2)=C(c2ccc3ccc4c(-c5ccc(-c6cccc7c6oc6ccccc67)cc5)ccc5ccc2c3c54)CC2OC(C)(C)OC21. The highest BCUT2D eigenvalue weighted by Gasteiger charge is 2.58. The largest absolute Gasteiger partial charge is 0.455 e. The Morgan fingerprint density at radius 3 is 1.97 bits per heavy atom. The molecule has 0 saturated carbocycles. The van der Waals surface area contributed by atoms with Crippen molar-refractivity contribution in [3.8, 4) is 22.3 Å². The van der Waals surface area contributed by atoms with Crippen molar-refractivity contribution in [3.63, 3.8) is 0 Å². The summed E-state index contributed by atoms with van der Waals surface area (Å²) in [6, 6.07) is 48.2. The summed E-state index contributed by atoms with van der Waals surface area (Å²) in [5, 5.41) is 8.19. The third-order valence-electron chi connectivity index (χ3n) is 13.3. The fourth-order valence-electron chi connectivity index (χ4n) is 10.7. The van der Waals surface area contributed by atoms with E-state index in [0.29, 0.717) is 22.6 Å². The normalized spacial score (nSPS) is 20.6. The van der Waals surface area contributed by atoms with Crippen LogP contribution < -0.4 is 0 Å². The summed E-state index contributed by atoms with van der Waals surface area (Å²) >= 11 is 0. The minimum atomic E-state index is -3.96. The van der Waals surface area contributed by atoms with E-state index in [-0.39, 0.29) is 6.10 Å². The molecule has 0 amide bonds. The molecule has 3 unspecified atom stereocenters. The van der Waals surface area contributed by atoms with Gasteiger partial charge in [-0.25, -0.2) is 8.42 Å². The molecule has 0 spiro atoms. The van der Waals surface area contributed by atoms with E-state index in [1.165, 1.54) is 5.39 Å². The first-order valence-corrected chi connectivity index (χ1v) is 22.6. The van der Waals surface area contributed by atoms with Gasteiger partial charge in [0.25, 0.3) is 0 Å². The molecule has 9 aromatic rings. The van der Waals surface area contributed by atoms with Gasteiger partial charge in [0, 0.05) is 28.1 Å². The molecular formula is C53H45BO5S. The van der Waals surface area contributed by atoms with E-state index >= 15 is 8.42 Å². The molecule has 8 aromatic carbocycles. The standard InChI is InChI=1S/C53H45BO5S/c1-5-29-53(54)50-46(58-52(3,4)59-50)30-44(51(53)60(55,56)36-23-13-31(2)14-24-36)39-26-20-35-21-27-41-37(25-19-34-22-28-42(39)48(35)47(34)41)32-15-17-33(18-16-32)38-10-8-11-43-40-9-6-7-12-45(40)57-49(38)43/h6-28,46,50H,5,29-30,54H2,1-4H3. The third-order valence-corrected chi connectivity index (χ3v) is 15.4. The first-order chi connectivity index (χ1) is 28.9. The molecule has 0 bridgehead atoms. The molecule has 0 radical (unpaired) electrons. The lowest BCUT2D eigenvalue weighted by atomic mass is 9.56. The van der Waals surface area contributed by atoms with E-state index in [2.05, 4.69) is 118 Å². The second-order valence-electron chi connectivity index (χ2n) is 17.6. The molecule has 296 valence electrons. The van der Waals surface area contributed by atoms with Crippen LogP contribution in [0.2, 0.25) is 5.31 Å². The van der Waals surface area contributed by atoms with Crippen LogP contribution in [0.1, 0.15) is 51.2 Å². The first kappa shape index (κ1) is 37.3. The maximum absolute atomic E-state index is 15.3. The van der Waals surface area contributed by atoms with E-state index in [1.54, 1.807) is 12.1 Å². The summed E-state index contributed by atoms with van der Waals surface area (Å²) in [5.74, 6) is -0.837. The summed E-state index contributed by atoms with van der Waals surface area (Å²) in [5.41, 5.74) is 8.99. The van der Waals surface area contributed by atoms with Crippen LogP contribution in [0.3, 0.4) is 0 Å². The number of hydrogen-bond donors (Lipinski definition) is 0. The number of ether oxygens (including phenoxy) is 2. The Kier molecular flexibility index (Phi) is 8.32. The molecule has 1 aliphatic heterocycles. The lowest BCUT2D eigenvalue weighted by Crippen LogP contribution is -2.44. The van der Waals surface area contributed by atoms with Gasteiger partial charge in [0.1, 0.15) is 19.0 Å². The van der Waals surface area contributed by atoms with E-state index in [4.69, 9.17) is 13.9 Å². The average molecular weight is 805 g/mol. The van der Waals surface area contributed by atoms with Crippen LogP contribution in [-0.2, 0) is 19.3 Å². The second-order valence-corrected chi connectivity index (χ2v) is 19.5. The molecule has 2 aliphatic rings.